The molecule has 0 aliphatic heterocycles. The van der Waals surface area contributed by atoms with Gasteiger partial charge in [0, 0.05) is 37.0 Å². The van der Waals surface area contributed by atoms with Crippen LogP contribution in [0.2, 0.25) is 0 Å². The maximum Gasteiger partial charge on any atom is 0.329 e. The predicted octanol–water partition coefficient (Wildman–Crippen LogP) is 6.65. The molecule has 1 amide bonds. The number of carboxylic acids is 1. The first kappa shape index (κ1) is 33.9. The Bertz CT molecular complexity index is 1560. The number of hydrogen-bond acceptors (Lipinski definition) is 5. The van der Waals surface area contributed by atoms with E-state index in [1.54, 1.807) is 56.7 Å². The van der Waals surface area contributed by atoms with Crippen LogP contribution in [-0.4, -0.2) is 50.6 Å². The third-order valence-electron chi connectivity index (χ3n) is 8.38. The number of amides is 1. The second-order valence-electron chi connectivity index (χ2n) is 11.5. The van der Waals surface area contributed by atoms with Gasteiger partial charge in [-0.05, 0) is 76.9 Å². The molecule has 4 aromatic rings. The summed E-state index contributed by atoms with van der Waals surface area (Å²) in [6.07, 6.45) is 7.45. The van der Waals surface area contributed by atoms with E-state index >= 15 is 0 Å². The summed E-state index contributed by atoms with van der Waals surface area (Å²) in [7, 11) is 0. The van der Waals surface area contributed by atoms with Crippen molar-refractivity contribution < 1.29 is 23.5 Å². The lowest BCUT2D eigenvalue weighted by molar-refractivity contribution is -0.146. The molecule has 0 saturated carbocycles. The van der Waals surface area contributed by atoms with Crippen molar-refractivity contribution in [2.24, 2.45) is 5.92 Å². The topological polar surface area (TPSA) is 96.3 Å². The van der Waals surface area contributed by atoms with E-state index in [0.29, 0.717) is 30.0 Å². The number of thioether (sulfide) groups is 1. The highest BCUT2D eigenvalue weighted by atomic mass is 32.2. The largest absolute Gasteiger partial charge is 0.479 e. The average molecular weight is 635 g/mol. The molecule has 0 aliphatic carbocycles. The van der Waals surface area contributed by atoms with Gasteiger partial charge in [-0.15, -0.1) is 0 Å². The van der Waals surface area contributed by atoms with Gasteiger partial charge in [-0.1, -0.05) is 57.2 Å². The summed E-state index contributed by atoms with van der Waals surface area (Å²) in [5, 5.41) is 16.8. The molecule has 0 fully saturated rings. The number of carbonyl (C=O) groups is 2. The lowest BCUT2D eigenvalue weighted by Gasteiger charge is -2.35. The molecule has 238 valence electrons. The number of carboxylic acid groups (broad SMARTS) is 1. The molecule has 45 heavy (non-hydrogen) atoms. The third kappa shape index (κ3) is 8.18. The maximum atomic E-state index is 14.2. The van der Waals surface area contributed by atoms with Crippen LogP contribution < -0.4 is 10.6 Å². The Morgan fingerprint density at radius 3 is 2.13 bits per heavy atom. The van der Waals surface area contributed by atoms with Crippen LogP contribution in [0.3, 0.4) is 0 Å². The van der Waals surface area contributed by atoms with E-state index in [0.717, 1.165) is 16.7 Å². The maximum absolute atomic E-state index is 14.2. The average Bonchev–Trinajstić information content (AvgIpc) is 3.55. The summed E-state index contributed by atoms with van der Waals surface area (Å²) in [5.74, 6) is -2.45. The minimum Gasteiger partial charge on any atom is -0.479 e. The van der Waals surface area contributed by atoms with E-state index in [4.69, 9.17) is 0 Å². The number of imidazole rings is 1. The molecule has 0 radical (unpaired) electrons. The number of aromatic nitrogens is 2. The molecule has 3 atom stereocenters. The summed E-state index contributed by atoms with van der Waals surface area (Å²) < 4.78 is 29.6. The number of nitrogens with zero attached hydrogens (tertiary/aromatic N) is 2. The van der Waals surface area contributed by atoms with Gasteiger partial charge in [0.1, 0.15) is 17.2 Å². The van der Waals surface area contributed by atoms with Crippen LogP contribution >= 0.6 is 11.8 Å². The summed E-state index contributed by atoms with van der Waals surface area (Å²) >= 11 is 1.52. The molecular formula is C35H40F2N4O3S. The molecule has 0 spiro atoms. The SMILES string of the molecule is CSCC[C@@](NC(=O)c1cc(C(NCCn2ccnc2)c2ccc(F)cc2)ccc1C(C)c1ccc(F)cc1)(C(=O)O)C(C)C. The van der Waals surface area contributed by atoms with Crippen LogP contribution in [0.25, 0.3) is 0 Å². The highest BCUT2D eigenvalue weighted by Gasteiger charge is 2.43. The number of hydrogen-bond donors (Lipinski definition) is 3. The van der Waals surface area contributed by atoms with Crippen molar-refractivity contribution in [1.82, 2.24) is 20.2 Å². The Labute approximate surface area is 267 Å². The van der Waals surface area contributed by atoms with Crippen molar-refractivity contribution >= 4 is 23.6 Å². The standard InChI is InChI=1S/C35H40F2N4O3S/c1-23(2)35(34(43)44,15-20-45-4)40-33(42)31-21-27(9-14-30(31)24(3)25-5-10-28(36)11-6-25)32(26-7-12-29(37)13-8-26)39-17-19-41-18-16-38-22-41/h5-14,16,18,21-24,32,39H,15,17,19-20H2,1-4H3,(H,40,42)(H,43,44)/t24?,32?,35-/m0/s1. The van der Waals surface area contributed by atoms with Crippen molar-refractivity contribution in [3.8, 4) is 0 Å². The van der Waals surface area contributed by atoms with Crippen molar-refractivity contribution in [2.75, 3.05) is 18.6 Å². The molecule has 7 nitrogen and oxygen atoms in total. The fraction of sp³-hybridized carbons (Fsp3) is 0.343. The normalized spacial score (nSPS) is 14.1. The quantitative estimate of drug-likeness (QED) is 0.136. The molecule has 10 heteroatoms. The molecule has 0 bridgehead atoms. The van der Waals surface area contributed by atoms with Gasteiger partial charge in [-0.3, -0.25) is 4.79 Å². The van der Waals surface area contributed by atoms with E-state index in [9.17, 15) is 23.5 Å². The minimum atomic E-state index is -1.48. The van der Waals surface area contributed by atoms with E-state index < -0.39 is 23.5 Å². The summed E-state index contributed by atoms with van der Waals surface area (Å²) in [4.78, 5) is 31.0. The highest BCUT2D eigenvalue weighted by molar-refractivity contribution is 7.98. The van der Waals surface area contributed by atoms with Gasteiger partial charge in [-0.2, -0.15) is 11.8 Å². The van der Waals surface area contributed by atoms with E-state index in [1.165, 1.54) is 36.0 Å². The van der Waals surface area contributed by atoms with Crippen LogP contribution in [0, 0.1) is 17.6 Å². The van der Waals surface area contributed by atoms with Crippen molar-refractivity contribution in [1.29, 1.82) is 0 Å². The summed E-state index contributed by atoms with van der Waals surface area (Å²) in [6.45, 7) is 6.71. The summed E-state index contributed by atoms with van der Waals surface area (Å²) in [6, 6.07) is 17.5. The zero-order chi connectivity index (χ0) is 32.6. The Morgan fingerprint density at radius 2 is 1.58 bits per heavy atom. The van der Waals surface area contributed by atoms with Crippen LogP contribution in [0.5, 0.6) is 0 Å². The van der Waals surface area contributed by atoms with Crippen molar-refractivity contribution in [3.05, 3.63) is 125 Å². The van der Waals surface area contributed by atoms with Crippen LogP contribution in [0.1, 0.15) is 71.8 Å². The molecule has 2 unspecified atom stereocenters. The second-order valence-corrected chi connectivity index (χ2v) is 12.5. The third-order valence-corrected chi connectivity index (χ3v) is 8.99. The molecular weight excluding hydrogens is 594 g/mol. The minimum absolute atomic E-state index is 0.253. The first-order valence-electron chi connectivity index (χ1n) is 14.9. The molecule has 3 aromatic carbocycles. The van der Waals surface area contributed by atoms with Gasteiger partial charge in [0.2, 0.25) is 0 Å². The molecule has 4 rings (SSSR count). The smallest absolute Gasteiger partial charge is 0.329 e. The Hall–Kier alpha value is -4.02. The Balaban J connectivity index is 1.80. The molecule has 0 aliphatic rings. The number of aliphatic carboxylic acids is 1. The van der Waals surface area contributed by atoms with Crippen molar-refractivity contribution in [2.45, 2.75) is 51.2 Å². The van der Waals surface area contributed by atoms with Gasteiger partial charge in [-0.25, -0.2) is 18.6 Å². The van der Waals surface area contributed by atoms with Crippen LogP contribution in [-0.2, 0) is 11.3 Å². The highest BCUT2D eigenvalue weighted by Crippen LogP contribution is 2.33. The van der Waals surface area contributed by atoms with Crippen molar-refractivity contribution in [3.63, 3.8) is 0 Å². The number of halogens is 2. The Kier molecular flexibility index (Phi) is 11.5. The second kappa shape index (κ2) is 15.3. The number of carbonyl (C=O) groups excluding carboxylic acids is 1. The molecule has 1 aromatic heterocycles. The lowest BCUT2D eigenvalue weighted by atomic mass is 9.82. The number of rotatable bonds is 15. The monoisotopic (exact) mass is 634 g/mol. The number of benzene rings is 3. The summed E-state index contributed by atoms with van der Waals surface area (Å²) in [5.41, 5.74) is 1.88. The fourth-order valence-electron chi connectivity index (χ4n) is 5.53. The van der Waals surface area contributed by atoms with E-state index in [2.05, 4.69) is 15.6 Å². The van der Waals surface area contributed by atoms with Gasteiger partial charge in [0.25, 0.3) is 5.91 Å². The Morgan fingerprint density at radius 1 is 0.956 bits per heavy atom. The van der Waals surface area contributed by atoms with Gasteiger partial charge in [0.15, 0.2) is 0 Å². The lowest BCUT2D eigenvalue weighted by Crippen LogP contribution is -2.58. The molecule has 0 saturated heterocycles. The van der Waals surface area contributed by atoms with Gasteiger partial charge >= 0.3 is 5.97 Å². The van der Waals surface area contributed by atoms with E-state index in [-0.39, 0.29) is 29.9 Å². The zero-order valence-corrected chi connectivity index (χ0v) is 26.8. The van der Waals surface area contributed by atoms with Gasteiger partial charge in [0.05, 0.1) is 12.4 Å². The van der Waals surface area contributed by atoms with E-state index in [1.807, 2.05) is 36.1 Å². The fourth-order valence-corrected chi connectivity index (χ4v) is 6.06. The number of nitrogens with one attached hydrogen (secondary N) is 2. The predicted molar refractivity (Wildman–Crippen MR) is 175 cm³/mol. The van der Waals surface area contributed by atoms with Crippen LogP contribution in [0.4, 0.5) is 8.78 Å². The van der Waals surface area contributed by atoms with Crippen LogP contribution in [0.15, 0.2) is 85.5 Å². The first-order valence-corrected chi connectivity index (χ1v) is 16.3. The molecule has 3 N–H and O–H groups in total. The first-order chi connectivity index (χ1) is 21.6. The van der Waals surface area contributed by atoms with Gasteiger partial charge < -0.3 is 20.3 Å². The zero-order valence-electron chi connectivity index (χ0n) is 26.0. The molecule has 1 heterocycles.